The van der Waals surface area contributed by atoms with E-state index in [0.29, 0.717) is 22.8 Å². The molecule has 0 atom stereocenters. The van der Waals surface area contributed by atoms with Gasteiger partial charge in [0, 0.05) is 33.0 Å². The van der Waals surface area contributed by atoms with Crippen LogP contribution in [-0.2, 0) is 0 Å². The van der Waals surface area contributed by atoms with Crippen molar-refractivity contribution >= 4 is 32.6 Å². The summed E-state index contributed by atoms with van der Waals surface area (Å²) in [4.78, 5) is 14.7. The van der Waals surface area contributed by atoms with Crippen molar-refractivity contribution in [3.63, 3.8) is 0 Å². The summed E-state index contributed by atoms with van der Waals surface area (Å²) in [5.74, 6) is 0.622. The van der Waals surface area contributed by atoms with E-state index >= 15 is 0 Å². The van der Waals surface area contributed by atoms with Crippen molar-refractivity contribution in [1.29, 1.82) is 0 Å². The standard InChI is InChI=1S/C49H30N4/c1-4-15-31(16-5-1)35-28-30-42-46-44(35)38-23-11-10-22-36(38)37-25-14-21-32-27-29-41(45(46)43(32)37)53(42)40-26-13-12-24-39(40)49-51-47(33-17-6-2-7-18-33)50-48(52-49)34-19-8-3-9-20-34/h1-30H/i2D,6D,7D,17D,18D. The number of benzene rings is 8. The lowest BCUT2D eigenvalue weighted by molar-refractivity contribution is 1.06. The summed E-state index contributed by atoms with van der Waals surface area (Å²) in [6, 6.07) is 49.9. The first-order valence-corrected chi connectivity index (χ1v) is 17.6. The minimum Gasteiger partial charge on any atom is -0.308 e. The van der Waals surface area contributed by atoms with Gasteiger partial charge in [-0.1, -0.05) is 158 Å². The number of nitrogens with zero attached hydrogens (tertiary/aromatic N) is 4. The first kappa shape index (κ1) is 24.9. The smallest absolute Gasteiger partial charge is 0.166 e. The minimum atomic E-state index is -0.478. The summed E-state index contributed by atoms with van der Waals surface area (Å²) in [5.41, 5.74) is 11.1. The molecule has 0 spiro atoms. The molecule has 0 saturated heterocycles. The normalized spacial score (nSPS) is 13.1. The van der Waals surface area contributed by atoms with Gasteiger partial charge >= 0.3 is 0 Å². The highest BCUT2D eigenvalue weighted by Gasteiger charge is 2.28. The van der Waals surface area contributed by atoms with Gasteiger partial charge in [-0.2, -0.15) is 0 Å². The zero-order chi connectivity index (χ0) is 39.2. The third kappa shape index (κ3) is 4.52. The molecule has 0 unspecified atom stereocenters. The lowest BCUT2D eigenvalue weighted by Crippen LogP contribution is -2.03. The second-order valence-electron chi connectivity index (χ2n) is 13.2. The minimum absolute atomic E-state index is 0.00526. The van der Waals surface area contributed by atoms with E-state index < -0.39 is 18.1 Å². The molecule has 0 N–H and O–H groups in total. The fourth-order valence-electron chi connectivity index (χ4n) is 8.07. The van der Waals surface area contributed by atoms with E-state index in [-0.39, 0.29) is 23.5 Å². The first-order chi connectivity index (χ1) is 28.4. The van der Waals surface area contributed by atoms with Crippen LogP contribution < -0.4 is 0 Å². The number of fused-ring (bicyclic) bond motifs is 3. The predicted molar refractivity (Wildman–Crippen MR) is 218 cm³/mol. The van der Waals surface area contributed by atoms with Crippen molar-refractivity contribution < 1.29 is 6.85 Å². The van der Waals surface area contributed by atoms with Crippen LogP contribution in [0.5, 0.6) is 0 Å². The van der Waals surface area contributed by atoms with Gasteiger partial charge in [-0.3, -0.25) is 0 Å². The molecule has 0 amide bonds. The van der Waals surface area contributed by atoms with E-state index in [1.165, 1.54) is 22.1 Å². The summed E-state index contributed by atoms with van der Waals surface area (Å²) < 4.78 is 45.0. The molecule has 246 valence electrons. The van der Waals surface area contributed by atoms with Crippen LogP contribution in [0.25, 0.3) is 106 Å². The van der Waals surface area contributed by atoms with Gasteiger partial charge in [0.05, 0.1) is 23.6 Å². The quantitative estimate of drug-likeness (QED) is 0.182. The molecule has 0 aliphatic heterocycles. The van der Waals surface area contributed by atoms with Crippen molar-refractivity contribution in [3.05, 3.63) is 182 Å². The topological polar surface area (TPSA) is 43.6 Å². The Kier molecular flexibility index (Phi) is 5.49. The summed E-state index contributed by atoms with van der Waals surface area (Å²) in [6.45, 7) is 0. The van der Waals surface area contributed by atoms with Gasteiger partial charge in [-0.05, 0) is 62.9 Å². The summed E-state index contributed by atoms with van der Waals surface area (Å²) in [5, 5.41) is 4.64. The van der Waals surface area contributed by atoms with Crippen LogP contribution in [0, 0.1) is 0 Å². The molecular weight excluding hydrogens is 645 g/mol. The maximum absolute atomic E-state index is 8.82. The first-order valence-electron chi connectivity index (χ1n) is 20.1. The van der Waals surface area contributed by atoms with Crippen molar-refractivity contribution in [2.75, 3.05) is 0 Å². The van der Waals surface area contributed by atoms with Crippen molar-refractivity contribution in [2.45, 2.75) is 0 Å². The average Bonchev–Trinajstić information content (AvgIpc) is 3.55. The van der Waals surface area contributed by atoms with Crippen LogP contribution in [0.3, 0.4) is 0 Å². The number of para-hydroxylation sites is 1. The van der Waals surface area contributed by atoms with Gasteiger partial charge in [0.1, 0.15) is 0 Å². The number of hydrogen-bond acceptors (Lipinski definition) is 3. The van der Waals surface area contributed by atoms with E-state index in [9.17, 15) is 0 Å². The fourth-order valence-corrected chi connectivity index (χ4v) is 8.07. The molecule has 4 nitrogen and oxygen atoms in total. The zero-order valence-electron chi connectivity index (χ0n) is 33.2. The molecule has 1 aliphatic carbocycles. The highest BCUT2D eigenvalue weighted by Crippen LogP contribution is 2.52. The second kappa shape index (κ2) is 11.7. The monoisotopic (exact) mass is 679 g/mol. The molecule has 1 aliphatic rings. The molecule has 0 saturated carbocycles. The Bertz CT molecular complexity index is 3310. The molecule has 0 radical (unpaired) electrons. The van der Waals surface area contributed by atoms with Gasteiger partial charge in [0.2, 0.25) is 0 Å². The highest BCUT2D eigenvalue weighted by molar-refractivity contribution is 6.31. The molecule has 11 rings (SSSR count). The van der Waals surface area contributed by atoms with Crippen LogP contribution in [0.4, 0.5) is 0 Å². The van der Waals surface area contributed by atoms with E-state index in [4.69, 9.17) is 21.8 Å². The highest BCUT2D eigenvalue weighted by atomic mass is 15.1. The molecule has 4 heteroatoms. The Labute approximate surface area is 313 Å². The van der Waals surface area contributed by atoms with Crippen LogP contribution in [0.1, 0.15) is 6.85 Å². The average molecular weight is 680 g/mol. The third-order valence-electron chi connectivity index (χ3n) is 10.3. The lowest BCUT2D eigenvalue weighted by atomic mass is 9.88. The van der Waals surface area contributed by atoms with Gasteiger partial charge in [0.25, 0.3) is 0 Å². The SMILES string of the molecule is [2H]c1c([2H])c([2H])c(-c2nc(-c3ccccc3)nc(-c3ccccc3-n3c4ccc(-c5ccccc5)c5c4c4c6c(cccc6ccc43)-c3ccccc3-5)n2)c([2H])c1[2H]. The van der Waals surface area contributed by atoms with Crippen LogP contribution in [0.2, 0.25) is 0 Å². The molecule has 10 aromatic rings. The molecule has 2 aromatic heterocycles. The largest absolute Gasteiger partial charge is 0.308 e. The van der Waals surface area contributed by atoms with Crippen LogP contribution in [-0.4, -0.2) is 19.5 Å². The van der Waals surface area contributed by atoms with Gasteiger partial charge in [-0.15, -0.1) is 0 Å². The number of aromatic nitrogens is 4. The van der Waals surface area contributed by atoms with E-state index in [0.717, 1.165) is 49.6 Å². The van der Waals surface area contributed by atoms with E-state index in [2.05, 4.69) is 102 Å². The van der Waals surface area contributed by atoms with Crippen molar-refractivity contribution in [1.82, 2.24) is 19.5 Å². The Hall–Kier alpha value is -7.17. The van der Waals surface area contributed by atoms with Gasteiger partial charge in [0.15, 0.2) is 17.5 Å². The van der Waals surface area contributed by atoms with Crippen molar-refractivity contribution in [3.8, 4) is 73.2 Å². The molecular formula is C49H30N4. The second-order valence-corrected chi connectivity index (χ2v) is 13.2. The lowest BCUT2D eigenvalue weighted by Gasteiger charge is -2.18. The number of hydrogen-bond donors (Lipinski definition) is 0. The molecule has 0 bridgehead atoms. The van der Waals surface area contributed by atoms with E-state index in [1.54, 1.807) is 0 Å². The van der Waals surface area contributed by atoms with Gasteiger partial charge in [-0.25, -0.2) is 15.0 Å². The number of rotatable bonds is 5. The predicted octanol–water partition coefficient (Wildman–Crippen LogP) is 12.4. The van der Waals surface area contributed by atoms with Crippen LogP contribution >= 0.6 is 0 Å². The van der Waals surface area contributed by atoms with E-state index in [1.807, 2.05) is 54.6 Å². The van der Waals surface area contributed by atoms with Crippen molar-refractivity contribution in [2.24, 2.45) is 0 Å². The summed E-state index contributed by atoms with van der Waals surface area (Å²) in [7, 11) is 0. The Balaban J connectivity index is 1.26. The van der Waals surface area contributed by atoms with Gasteiger partial charge < -0.3 is 4.57 Å². The Morgan fingerprint density at radius 2 is 0.981 bits per heavy atom. The molecule has 53 heavy (non-hydrogen) atoms. The maximum Gasteiger partial charge on any atom is 0.166 e. The zero-order valence-corrected chi connectivity index (χ0v) is 28.2. The summed E-state index contributed by atoms with van der Waals surface area (Å²) >= 11 is 0. The molecule has 8 aromatic carbocycles. The maximum atomic E-state index is 8.82. The summed E-state index contributed by atoms with van der Waals surface area (Å²) in [6.07, 6.45) is 0. The Morgan fingerprint density at radius 1 is 0.377 bits per heavy atom. The Morgan fingerprint density at radius 3 is 1.77 bits per heavy atom. The van der Waals surface area contributed by atoms with Crippen LogP contribution in [0.15, 0.2) is 182 Å². The molecule has 0 fully saturated rings. The molecule has 2 heterocycles. The third-order valence-corrected chi connectivity index (χ3v) is 10.3. The fraction of sp³-hybridized carbons (Fsp3) is 0.